The number of hydrogen-bond donors (Lipinski definition) is 2. The van der Waals surface area contributed by atoms with Crippen molar-refractivity contribution < 1.29 is 26.4 Å². The lowest BCUT2D eigenvalue weighted by Crippen LogP contribution is -2.49. The molecule has 1 aromatic heterocycles. The molecular formula is C28H27N5O6S2. The third-order valence-electron chi connectivity index (χ3n) is 6.20. The number of aryl methyl sites for hydroxylation is 2. The van der Waals surface area contributed by atoms with E-state index in [2.05, 4.69) is 20.0 Å². The molecule has 1 amide bonds. The molecule has 0 radical (unpaired) electrons. The van der Waals surface area contributed by atoms with Gasteiger partial charge in [0.25, 0.3) is 15.9 Å². The maximum Gasteiger partial charge on any atom is 0.267 e. The van der Waals surface area contributed by atoms with Gasteiger partial charge >= 0.3 is 0 Å². The van der Waals surface area contributed by atoms with Crippen molar-refractivity contribution >= 4 is 43.3 Å². The van der Waals surface area contributed by atoms with Gasteiger partial charge in [-0.3, -0.25) is 9.10 Å². The second-order valence-corrected chi connectivity index (χ2v) is 13.0. The molecule has 3 aromatic carbocycles. The zero-order chi connectivity index (χ0) is 29.2. The molecule has 41 heavy (non-hydrogen) atoms. The summed E-state index contributed by atoms with van der Waals surface area (Å²) in [6.45, 7) is 3.23. The number of ether oxygens (including phenoxy) is 1. The minimum Gasteiger partial charge on any atom is -0.476 e. The Morgan fingerprint density at radius 1 is 0.902 bits per heavy atom. The van der Waals surface area contributed by atoms with Crippen molar-refractivity contribution in [2.45, 2.75) is 30.6 Å². The van der Waals surface area contributed by atoms with Crippen molar-refractivity contribution in [1.82, 2.24) is 9.97 Å². The Kier molecular flexibility index (Phi) is 7.65. The Morgan fingerprint density at radius 3 is 2.22 bits per heavy atom. The minimum absolute atomic E-state index is 0.0404. The third-order valence-corrected chi connectivity index (χ3v) is 9.25. The van der Waals surface area contributed by atoms with Crippen molar-refractivity contribution in [3.05, 3.63) is 102 Å². The summed E-state index contributed by atoms with van der Waals surface area (Å²) in [4.78, 5) is 21.3. The Bertz CT molecular complexity index is 1780. The van der Waals surface area contributed by atoms with Crippen LogP contribution in [0.2, 0.25) is 0 Å². The van der Waals surface area contributed by atoms with Crippen LogP contribution in [0.5, 0.6) is 5.75 Å². The van der Waals surface area contributed by atoms with Gasteiger partial charge < -0.3 is 10.1 Å². The quantitative estimate of drug-likeness (QED) is 0.315. The Labute approximate surface area is 238 Å². The molecule has 0 saturated carbocycles. The number of rotatable bonds is 8. The number of carbonyl (C=O) groups is 1. The van der Waals surface area contributed by atoms with Gasteiger partial charge in [0.15, 0.2) is 6.10 Å². The number of anilines is 3. The molecule has 2 heterocycles. The number of nitrogens with zero attached hydrogens (tertiary/aromatic N) is 3. The second kappa shape index (κ2) is 11.2. The van der Waals surface area contributed by atoms with Gasteiger partial charge in [-0.25, -0.2) is 31.5 Å². The first-order valence-electron chi connectivity index (χ1n) is 12.6. The van der Waals surface area contributed by atoms with E-state index in [0.29, 0.717) is 28.3 Å². The normalized spacial score (nSPS) is 15.0. The maximum atomic E-state index is 13.4. The van der Waals surface area contributed by atoms with Gasteiger partial charge in [0.05, 0.1) is 22.9 Å². The molecule has 0 spiro atoms. The summed E-state index contributed by atoms with van der Waals surface area (Å²) in [7, 11) is -7.83. The number of benzene rings is 3. The van der Waals surface area contributed by atoms with Crippen LogP contribution in [0, 0.1) is 13.8 Å². The fraction of sp³-hybridized carbons (Fsp3) is 0.179. The van der Waals surface area contributed by atoms with Crippen molar-refractivity contribution in [3.8, 4) is 5.75 Å². The fourth-order valence-corrected chi connectivity index (χ4v) is 6.88. The van der Waals surface area contributed by atoms with E-state index in [1.807, 2.05) is 0 Å². The van der Waals surface area contributed by atoms with Crippen LogP contribution in [0.3, 0.4) is 0 Å². The Hall–Kier alpha value is -4.49. The standard InChI is InChI=1S/C28H27N5O6S2/c1-19-16-20(2)30-28(29-19)32-41(37,38)23-14-12-22(13-15-23)31-27(34)26-17-33(24-10-6-7-11-25(24)39-26)40(35,36)18-21-8-4-3-5-9-21/h3-16,26H,17-18H2,1-2H3,(H,31,34)(H,29,30,32). The van der Waals surface area contributed by atoms with Crippen molar-refractivity contribution in [3.63, 3.8) is 0 Å². The van der Waals surface area contributed by atoms with Gasteiger partial charge in [-0.15, -0.1) is 0 Å². The highest BCUT2D eigenvalue weighted by Gasteiger charge is 2.36. The number of carbonyl (C=O) groups excluding carboxylic acids is 1. The summed E-state index contributed by atoms with van der Waals surface area (Å²) in [5, 5.41) is 2.68. The molecular weight excluding hydrogens is 566 g/mol. The molecule has 1 aliphatic rings. The van der Waals surface area contributed by atoms with Crippen molar-refractivity contribution in [1.29, 1.82) is 0 Å². The first-order valence-corrected chi connectivity index (χ1v) is 15.7. The van der Waals surface area contributed by atoms with Gasteiger partial charge in [-0.2, -0.15) is 0 Å². The van der Waals surface area contributed by atoms with Crippen LogP contribution in [-0.4, -0.2) is 45.4 Å². The fourth-order valence-electron chi connectivity index (χ4n) is 4.36. The van der Waals surface area contributed by atoms with Crippen LogP contribution in [0.1, 0.15) is 17.0 Å². The molecule has 4 aromatic rings. The molecule has 0 fully saturated rings. The molecule has 0 saturated heterocycles. The van der Waals surface area contributed by atoms with E-state index in [1.165, 1.54) is 28.6 Å². The Balaban J connectivity index is 1.31. The van der Waals surface area contributed by atoms with Gasteiger partial charge in [0, 0.05) is 17.1 Å². The van der Waals surface area contributed by atoms with Gasteiger partial charge in [0.2, 0.25) is 16.0 Å². The van der Waals surface area contributed by atoms with Gasteiger partial charge in [-0.05, 0) is 61.9 Å². The average molecular weight is 594 g/mol. The van der Waals surface area contributed by atoms with Crippen LogP contribution < -0.4 is 19.1 Å². The highest BCUT2D eigenvalue weighted by molar-refractivity contribution is 7.92. The molecule has 11 nitrogen and oxygen atoms in total. The lowest BCUT2D eigenvalue weighted by molar-refractivity contribution is -0.122. The third kappa shape index (κ3) is 6.47. The summed E-state index contributed by atoms with van der Waals surface area (Å²) in [5.41, 5.74) is 2.51. The number of fused-ring (bicyclic) bond motifs is 1. The average Bonchev–Trinajstić information content (AvgIpc) is 2.92. The summed E-state index contributed by atoms with van der Waals surface area (Å²) in [6, 6.07) is 22.6. The van der Waals surface area contributed by atoms with E-state index < -0.39 is 32.1 Å². The highest BCUT2D eigenvalue weighted by Crippen LogP contribution is 2.36. The SMILES string of the molecule is Cc1cc(C)nc(NS(=O)(=O)c2ccc(NC(=O)C3CN(S(=O)(=O)Cc4ccccc4)c4ccccc4O3)cc2)n1. The Morgan fingerprint density at radius 2 is 1.54 bits per heavy atom. The summed E-state index contributed by atoms with van der Waals surface area (Å²) < 4.78 is 61.9. The number of nitrogens with one attached hydrogen (secondary N) is 2. The summed E-state index contributed by atoms with van der Waals surface area (Å²) in [5.74, 6) is -0.608. The number of hydrogen-bond acceptors (Lipinski definition) is 8. The van der Waals surface area contributed by atoms with Crippen LogP contribution in [-0.2, 0) is 30.6 Å². The predicted octanol–water partition coefficient (Wildman–Crippen LogP) is 3.63. The van der Waals surface area contributed by atoms with Gasteiger partial charge in [-0.1, -0.05) is 42.5 Å². The largest absolute Gasteiger partial charge is 0.476 e. The molecule has 0 aliphatic carbocycles. The molecule has 1 unspecified atom stereocenters. The minimum atomic E-state index is -3.98. The molecule has 2 N–H and O–H groups in total. The predicted molar refractivity (Wildman–Crippen MR) is 155 cm³/mol. The first-order chi connectivity index (χ1) is 19.5. The monoisotopic (exact) mass is 593 g/mol. The van der Waals surface area contributed by atoms with E-state index in [4.69, 9.17) is 4.74 Å². The van der Waals surface area contributed by atoms with E-state index in [1.54, 1.807) is 74.5 Å². The smallest absolute Gasteiger partial charge is 0.267 e. The number of aromatic nitrogens is 2. The van der Waals surface area contributed by atoms with E-state index in [9.17, 15) is 21.6 Å². The molecule has 5 rings (SSSR count). The zero-order valence-electron chi connectivity index (χ0n) is 22.2. The molecule has 1 atom stereocenters. The van der Waals surface area contributed by atoms with Crippen molar-refractivity contribution in [2.24, 2.45) is 0 Å². The number of para-hydroxylation sites is 2. The molecule has 13 heteroatoms. The molecule has 212 valence electrons. The second-order valence-electron chi connectivity index (χ2n) is 9.44. The maximum absolute atomic E-state index is 13.4. The topological polar surface area (TPSA) is 148 Å². The lowest BCUT2D eigenvalue weighted by atomic mass is 10.2. The van der Waals surface area contributed by atoms with Crippen LogP contribution in [0.4, 0.5) is 17.3 Å². The summed E-state index contributed by atoms with van der Waals surface area (Å²) >= 11 is 0. The van der Waals surface area contributed by atoms with Gasteiger partial charge in [0.1, 0.15) is 5.75 Å². The van der Waals surface area contributed by atoms with Crippen molar-refractivity contribution in [2.75, 3.05) is 20.9 Å². The highest BCUT2D eigenvalue weighted by atomic mass is 32.2. The molecule has 0 bridgehead atoms. The van der Waals surface area contributed by atoms with E-state index in [-0.39, 0.29) is 28.9 Å². The van der Waals surface area contributed by atoms with Crippen LogP contribution >= 0.6 is 0 Å². The lowest BCUT2D eigenvalue weighted by Gasteiger charge is -2.34. The molecule has 1 aliphatic heterocycles. The number of sulfonamides is 2. The van der Waals surface area contributed by atoms with Crippen LogP contribution in [0.15, 0.2) is 89.8 Å². The van der Waals surface area contributed by atoms with E-state index >= 15 is 0 Å². The first kappa shape index (κ1) is 28.1. The van der Waals surface area contributed by atoms with Crippen LogP contribution in [0.25, 0.3) is 0 Å². The number of amides is 1. The summed E-state index contributed by atoms with van der Waals surface area (Å²) in [6.07, 6.45) is -1.15. The van der Waals surface area contributed by atoms with E-state index in [0.717, 1.165) is 0 Å². The zero-order valence-corrected chi connectivity index (χ0v) is 23.8.